The van der Waals surface area contributed by atoms with Crippen LogP contribution in [0, 0.1) is 24.6 Å². The fraction of sp³-hybridized carbons (Fsp3) is 0.418. The summed E-state index contributed by atoms with van der Waals surface area (Å²) in [6.07, 6.45) is 0.697. The van der Waals surface area contributed by atoms with Crippen LogP contribution in [0.3, 0.4) is 0 Å². The summed E-state index contributed by atoms with van der Waals surface area (Å²) >= 11 is 0. The van der Waals surface area contributed by atoms with Crippen molar-refractivity contribution in [1.29, 1.82) is 0 Å². The largest absolute Gasteiger partial charge is 0.458 e. The molecule has 9 rings (SSSR count). The van der Waals surface area contributed by atoms with Crippen molar-refractivity contribution in [3.63, 3.8) is 0 Å². The fourth-order valence-electron chi connectivity index (χ4n) is 11.2. The predicted octanol–water partition coefficient (Wildman–Crippen LogP) is 6.11. The van der Waals surface area contributed by atoms with E-state index in [0.29, 0.717) is 52.7 Å². The minimum Gasteiger partial charge on any atom is -0.458 e. The van der Waals surface area contributed by atoms with Gasteiger partial charge in [-0.2, -0.15) is 0 Å². The number of carbonyl (C=O) groups excluding carboxylic acids is 6. The number of esters is 1. The van der Waals surface area contributed by atoms with Crippen LogP contribution in [0.25, 0.3) is 33.4 Å². The monoisotopic (exact) mass is 997 g/mol. The number of nitrogens with two attached hydrogens (primary N) is 1. The highest BCUT2D eigenvalue weighted by Crippen LogP contribution is 2.47. The van der Waals surface area contributed by atoms with Crippen molar-refractivity contribution in [3.05, 3.63) is 121 Å². The van der Waals surface area contributed by atoms with Crippen LogP contribution in [0.5, 0.6) is 0 Å². The normalized spacial score (nSPS) is 17.8. The Balaban J connectivity index is 0.850. The number of ether oxygens (including phenoxy) is 2. The zero-order valence-corrected chi connectivity index (χ0v) is 41.3. The minimum atomic E-state index is -2.03. The molecule has 17 nitrogen and oxygen atoms in total. The van der Waals surface area contributed by atoms with Crippen LogP contribution >= 0.6 is 0 Å². The number of nitrogens with zero attached hydrogens (tertiary/aromatic N) is 2. The van der Waals surface area contributed by atoms with Gasteiger partial charge < -0.3 is 46.1 Å². The zero-order chi connectivity index (χ0) is 51.9. The summed E-state index contributed by atoms with van der Waals surface area (Å²) in [5.74, 6) is -3.74. The number of urea groups is 1. The first-order valence-corrected chi connectivity index (χ1v) is 25.1. The van der Waals surface area contributed by atoms with E-state index in [1.807, 2.05) is 48.5 Å². The lowest BCUT2D eigenvalue weighted by Gasteiger charge is -2.31. The van der Waals surface area contributed by atoms with Gasteiger partial charge in [0.25, 0.3) is 5.56 Å². The van der Waals surface area contributed by atoms with Crippen molar-refractivity contribution in [2.45, 2.75) is 116 Å². The number of hydrogen-bond donors (Lipinski definition) is 6. The zero-order valence-electron chi connectivity index (χ0n) is 41.3. The Morgan fingerprint density at radius 3 is 2.36 bits per heavy atom. The number of hydrogen-bond acceptors (Lipinski definition) is 11. The molecule has 0 saturated heterocycles. The van der Waals surface area contributed by atoms with Crippen molar-refractivity contribution >= 4 is 46.6 Å². The fourth-order valence-corrected chi connectivity index (χ4v) is 11.2. The molecule has 382 valence electrons. The summed E-state index contributed by atoms with van der Waals surface area (Å²) in [5, 5.41) is 23.4. The first-order chi connectivity index (χ1) is 35.0. The van der Waals surface area contributed by atoms with Gasteiger partial charge in [0, 0.05) is 60.3 Å². The maximum Gasteiger partial charge on any atom is 0.407 e. The third-order valence-corrected chi connectivity index (χ3v) is 15.1. The quantitative estimate of drug-likeness (QED) is 0.0423. The summed E-state index contributed by atoms with van der Waals surface area (Å²) in [4.78, 5) is 98.0. The van der Waals surface area contributed by atoms with Crippen molar-refractivity contribution in [2.75, 3.05) is 19.7 Å². The Bertz CT molecular complexity index is 3110. The number of benzene rings is 3. The smallest absolute Gasteiger partial charge is 0.407 e. The Kier molecular flexibility index (Phi) is 14.2. The van der Waals surface area contributed by atoms with Gasteiger partial charge in [-0.3, -0.25) is 19.2 Å². The molecule has 18 heteroatoms. The molecule has 2 aliphatic heterocycles. The molecule has 2 aromatic heterocycles. The third-order valence-electron chi connectivity index (χ3n) is 15.1. The van der Waals surface area contributed by atoms with Crippen LogP contribution in [0.1, 0.15) is 122 Å². The molecule has 2 aliphatic carbocycles. The van der Waals surface area contributed by atoms with Gasteiger partial charge in [0.15, 0.2) is 11.4 Å². The number of Topliss-reactive ketones (excluding diaryl/α,β-unsaturated/α-hetero) is 1. The lowest BCUT2D eigenvalue weighted by atomic mass is 9.81. The molecule has 4 heterocycles. The summed E-state index contributed by atoms with van der Waals surface area (Å²) in [6, 6.07) is 16.7. The first-order valence-electron chi connectivity index (χ1n) is 25.1. The van der Waals surface area contributed by atoms with Gasteiger partial charge in [-0.05, 0) is 96.4 Å². The molecule has 0 saturated carbocycles. The molecule has 73 heavy (non-hydrogen) atoms. The number of alkyl carbamates (subject to hydrolysis) is 1. The van der Waals surface area contributed by atoms with Gasteiger partial charge in [0.05, 0.1) is 41.1 Å². The number of nitrogens with one attached hydrogen (secondary N) is 4. The van der Waals surface area contributed by atoms with E-state index >= 15 is 4.39 Å². The highest BCUT2D eigenvalue weighted by molar-refractivity contribution is 5.94. The molecule has 0 unspecified atom stereocenters. The highest BCUT2D eigenvalue weighted by atomic mass is 19.1. The summed E-state index contributed by atoms with van der Waals surface area (Å²) in [5.41, 5.74) is 11.1. The third kappa shape index (κ3) is 9.55. The van der Waals surface area contributed by atoms with Gasteiger partial charge in [-0.1, -0.05) is 69.3 Å². The van der Waals surface area contributed by atoms with E-state index in [-0.39, 0.29) is 99.6 Å². The maximum absolute atomic E-state index is 15.5. The Labute approximate surface area is 420 Å². The second-order valence-corrected chi connectivity index (χ2v) is 19.9. The molecule has 0 bridgehead atoms. The topological polar surface area (TPSA) is 250 Å². The molecule has 0 spiro atoms. The molecule has 4 aliphatic rings. The number of halogens is 1. The van der Waals surface area contributed by atoms with E-state index in [1.165, 1.54) is 10.6 Å². The van der Waals surface area contributed by atoms with Gasteiger partial charge in [-0.15, -0.1) is 0 Å². The molecule has 0 radical (unpaired) electrons. The van der Waals surface area contributed by atoms with Crippen LogP contribution in [0.4, 0.5) is 14.0 Å². The van der Waals surface area contributed by atoms with Gasteiger partial charge >= 0.3 is 18.1 Å². The van der Waals surface area contributed by atoms with Crippen LogP contribution in [0.15, 0.2) is 65.5 Å². The van der Waals surface area contributed by atoms with Crippen molar-refractivity contribution in [2.24, 2.45) is 17.6 Å². The Morgan fingerprint density at radius 2 is 1.67 bits per heavy atom. The average molecular weight is 998 g/mol. The number of aryl methyl sites for hydroxylation is 1. The van der Waals surface area contributed by atoms with E-state index in [0.717, 1.165) is 33.4 Å². The lowest BCUT2D eigenvalue weighted by Crippen LogP contribution is -2.46. The second kappa shape index (κ2) is 20.6. The number of amides is 5. The number of ketones is 1. The van der Waals surface area contributed by atoms with E-state index in [9.17, 15) is 38.7 Å². The number of fused-ring (bicyclic) bond motifs is 8. The van der Waals surface area contributed by atoms with E-state index in [4.69, 9.17) is 20.2 Å². The van der Waals surface area contributed by atoms with Crippen LogP contribution in [0.2, 0.25) is 0 Å². The molecular weight excluding hydrogens is 938 g/mol. The minimum absolute atomic E-state index is 0.0180. The van der Waals surface area contributed by atoms with Gasteiger partial charge in [0.1, 0.15) is 19.0 Å². The SMILES string of the molecule is CC[C@@]1(O)C(=O)OCc2c1cc1n(c2=O)Cc2c-1nc1cc(F)c(C)c3c1c2[C@@H](NC(=O)CCCNC(=O)[C@H](CCCNC(N)=O)CC(=O)[C@@H](NC(=O)OCC1c2ccccc2-c2ccccc21)C(C)C)CC3. The molecule has 4 atom stereocenters. The van der Waals surface area contributed by atoms with Crippen molar-refractivity contribution in [3.8, 4) is 22.5 Å². The first kappa shape index (κ1) is 50.5. The summed E-state index contributed by atoms with van der Waals surface area (Å²) in [6.45, 7) is 7.04. The van der Waals surface area contributed by atoms with E-state index in [2.05, 4.69) is 21.3 Å². The van der Waals surface area contributed by atoms with Crippen LogP contribution in [-0.2, 0) is 53.8 Å². The van der Waals surface area contributed by atoms with Crippen LogP contribution < -0.4 is 32.6 Å². The average Bonchev–Trinajstić information content (AvgIpc) is 3.90. The molecular formula is C55H60FN7O10. The second-order valence-electron chi connectivity index (χ2n) is 19.9. The van der Waals surface area contributed by atoms with Crippen molar-refractivity contribution < 1.29 is 47.7 Å². The van der Waals surface area contributed by atoms with E-state index < -0.39 is 59.0 Å². The van der Waals surface area contributed by atoms with Crippen LogP contribution in [-0.4, -0.2) is 76.1 Å². The Morgan fingerprint density at radius 1 is 0.973 bits per heavy atom. The number of aliphatic hydroxyl groups is 1. The standard InChI is InChI=1S/C55H60FN7O10/c1-5-55(71)39-23-43-49-36(25-63(43)51(67)38(39)27-72-52(55)68)47-41(19-18-31-29(4)40(56)24-42(61-49)46(31)47)60-45(65)17-11-20-58-50(66)30(12-10-21-59-53(57)69)22-44(64)48(28(2)3)62-54(70)73-26-37-34-15-8-6-13-32(34)33-14-7-9-16-35(33)37/h6-9,13-16,23-24,28,30,37,41,48,71H,5,10-12,17-22,25-27H2,1-4H3,(H,58,66)(H,60,65)(H,62,70)(H3,57,59,69)/t30-,41+,48+,55+/m1/s1. The molecule has 3 aromatic carbocycles. The number of aromatic nitrogens is 2. The molecule has 7 N–H and O–H groups in total. The highest BCUT2D eigenvalue weighted by Gasteiger charge is 2.46. The van der Waals surface area contributed by atoms with Gasteiger partial charge in [0.2, 0.25) is 11.8 Å². The lowest BCUT2D eigenvalue weighted by molar-refractivity contribution is -0.172. The molecule has 0 fully saturated rings. The maximum atomic E-state index is 15.5. The molecule has 5 amide bonds. The summed E-state index contributed by atoms with van der Waals surface area (Å²) in [7, 11) is 0. The summed E-state index contributed by atoms with van der Waals surface area (Å²) < 4.78 is 28.0. The van der Waals surface area contributed by atoms with E-state index in [1.54, 1.807) is 33.8 Å². The van der Waals surface area contributed by atoms with Gasteiger partial charge in [-0.25, -0.2) is 23.8 Å². The number of rotatable bonds is 18. The Hall–Kier alpha value is -7.47. The van der Waals surface area contributed by atoms with Crippen molar-refractivity contribution in [1.82, 2.24) is 30.8 Å². The molecule has 5 aromatic rings. The number of cyclic esters (lactones) is 1. The predicted molar refractivity (Wildman–Crippen MR) is 267 cm³/mol. The number of primary amides is 1. The number of carbonyl (C=O) groups is 6. The number of pyridine rings is 2.